The fourth-order valence-corrected chi connectivity index (χ4v) is 29.4. The molecule has 0 aromatic heterocycles. The minimum Gasteiger partial charge on any atom is -0.462 e. The highest BCUT2D eigenvalue weighted by atomic mass is 16.7. The van der Waals surface area contributed by atoms with Crippen LogP contribution in [0.25, 0.3) is 0 Å². The SMILES string of the molecule is CCC(C)(C)C(=O)OC1(CC)CC2CC1C1C3CCC(C3)C21.CCC(C)(C)C(=O)OC12CC3CC(CC(O)(C3)C1)C2.CCC(C)(C)C(=O)OC12CC3CC(CC(O)(C3)C1)C2.CCC(C)(C)C(=O)OC1C2CC3C(=O)OC1C3O2.CCC(C)(C)C(=O)OC1CC2CC1C1CCCC21.CCC(C)(C)C(=O)OCC(=O)OC1C2CC3C(=O)OC1C3C2.CCC1(OC(=O)C(C)(C)CC)CCCC1. The standard InChI is InChI=1S/C20H32O2.C16H22O6.2C16H26O3.C16H26O2.C13H18O5.C13H24O2/c1-5-19(3,4)18(21)22-20(6-2)11-14-10-15(20)17-13-8-7-12(9-13)16(14)17;1-4-16(2,3)15(19)20-7-11(17)21-12-8-5-9-10(6-8)14(18)22-13(9)12;2*1-4-14(2,3)13(17)19-16-8-11-5-12(9-16)7-15(18,6-11)10-16;1-4-16(2,3)15(17)18-14-9-10-8-13(14)12-7-5-6-11(10)12;1-4-13(2,3)12(15)18-9-7-5-6-8(16-7)10(9)17-11(6)14;1-5-12(3,4)11(14)15-13(6-2)9-7-8-10-13/h12-17H,5-11H2,1-4H3;8-10,12-13H,4-7H2,1-3H3;2*11-12,18H,4-10H2,1-3H3;10-14H,4-9H2,1-3H3;6-10H,4-5H2,1-3H3;5-10H2,1-4H3. The summed E-state index contributed by atoms with van der Waals surface area (Å²) in [6.07, 6.45) is 37.5. The van der Waals surface area contributed by atoms with E-state index in [4.69, 9.17) is 52.1 Å². The molecule has 23 heteroatoms. The Balaban J connectivity index is 0.000000125. The fraction of sp³-hybridized carbons (Fsp3) is 0.909. The number of carbonyl (C=O) groups excluding carboxylic acids is 10. The second kappa shape index (κ2) is 38.5. The molecule has 18 aliphatic carbocycles. The van der Waals surface area contributed by atoms with E-state index in [0.29, 0.717) is 67.6 Å². The van der Waals surface area contributed by atoms with Gasteiger partial charge in [-0.1, -0.05) is 68.7 Å². The Morgan fingerprint density at radius 2 is 0.820 bits per heavy atom. The molecule has 22 aliphatic rings. The Morgan fingerprint density at radius 3 is 1.32 bits per heavy atom. The van der Waals surface area contributed by atoms with E-state index in [2.05, 4.69) is 27.7 Å². The summed E-state index contributed by atoms with van der Waals surface area (Å²) >= 11 is 0. The van der Waals surface area contributed by atoms with Crippen molar-refractivity contribution < 1.29 is 110 Å². The lowest BCUT2D eigenvalue weighted by Crippen LogP contribution is -2.61. The maximum absolute atomic E-state index is 12.7. The summed E-state index contributed by atoms with van der Waals surface area (Å²) in [5.41, 5.74) is -5.00. The predicted molar refractivity (Wildman–Crippen MR) is 500 cm³/mol. The van der Waals surface area contributed by atoms with Crippen molar-refractivity contribution in [3.05, 3.63) is 0 Å². The van der Waals surface area contributed by atoms with Gasteiger partial charge in [0.2, 0.25) is 0 Å². The number of rotatable bonds is 25. The summed E-state index contributed by atoms with van der Waals surface area (Å²) in [4.78, 5) is 121. The van der Waals surface area contributed by atoms with Crippen molar-refractivity contribution in [2.45, 2.75) is 480 Å². The first-order valence-electron chi connectivity index (χ1n) is 53.4. The van der Waals surface area contributed by atoms with Gasteiger partial charge in [-0.15, -0.1) is 0 Å². The number of hydrogen-bond donors (Lipinski definition) is 2. The molecule has 26 unspecified atom stereocenters. The maximum Gasteiger partial charge on any atom is 0.344 e. The fourth-order valence-electron chi connectivity index (χ4n) is 29.4. The molecule has 0 aromatic carbocycles. The van der Waals surface area contributed by atoms with E-state index in [9.17, 15) is 58.2 Å². The molecule has 2 N–H and O–H groups in total. The van der Waals surface area contributed by atoms with Gasteiger partial charge in [0.15, 0.2) is 18.8 Å². The van der Waals surface area contributed by atoms with Crippen molar-refractivity contribution in [2.75, 3.05) is 6.61 Å². The van der Waals surface area contributed by atoms with Crippen LogP contribution in [-0.4, -0.2) is 153 Å². The van der Waals surface area contributed by atoms with E-state index in [1.807, 2.05) is 118 Å². The highest BCUT2D eigenvalue weighted by molar-refractivity contribution is 5.82. The van der Waals surface area contributed by atoms with Crippen molar-refractivity contribution in [2.24, 2.45) is 144 Å². The van der Waals surface area contributed by atoms with Crippen LogP contribution in [0, 0.1) is 144 Å². The molecule has 4 saturated heterocycles. The summed E-state index contributed by atoms with van der Waals surface area (Å²) in [7, 11) is 0. The third-order valence-corrected chi connectivity index (χ3v) is 39.5. The summed E-state index contributed by atoms with van der Waals surface area (Å²) < 4.78 is 62.1. The lowest BCUT2D eigenvalue weighted by molar-refractivity contribution is -0.226. The number of hydrogen-bond acceptors (Lipinski definition) is 23. The number of carbonyl (C=O) groups is 10. The third-order valence-electron chi connectivity index (χ3n) is 39.5. The van der Waals surface area contributed by atoms with Crippen LogP contribution < -0.4 is 0 Å². The van der Waals surface area contributed by atoms with Gasteiger partial charge in [0.1, 0.15) is 46.8 Å². The zero-order chi connectivity index (χ0) is 97.1. The molecule has 26 atom stereocenters. The molecule has 133 heavy (non-hydrogen) atoms. The molecule has 0 spiro atoms. The molecule has 18 bridgehead atoms. The van der Waals surface area contributed by atoms with Gasteiger partial charge < -0.3 is 62.3 Å². The summed E-state index contributed by atoms with van der Waals surface area (Å²) in [6.45, 7) is 45.1. The Kier molecular flexibility index (Phi) is 30.0. The van der Waals surface area contributed by atoms with Gasteiger partial charge in [0, 0.05) is 30.6 Å². The van der Waals surface area contributed by atoms with E-state index in [0.717, 1.165) is 182 Å². The lowest BCUT2D eigenvalue weighted by Gasteiger charge is -2.59. The van der Waals surface area contributed by atoms with Gasteiger partial charge >= 0.3 is 59.7 Å². The Labute approximate surface area is 796 Å². The summed E-state index contributed by atoms with van der Waals surface area (Å²) in [6, 6.07) is 0. The summed E-state index contributed by atoms with van der Waals surface area (Å²) in [5.74, 6) is 9.53. The van der Waals surface area contributed by atoms with Crippen LogP contribution in [0.1, 0.15) is 403 Å². The smallest absolute Gasteiger partial charge is 0.344 e. The van der Waals surface area contributed by atoms with E-state index in [1.165, 1.54) is 77.0 Å². The van der Waals surface area contributed by atoms with Crippen LogP contribution in [0.3, 0.4) is 0 Å². The monoisotopic (exact) mass is 1860 g/mol. The van der Waals surface area contributed by atoms with Gasteiger partial charge in [-0.25, -0.2) is 4.79 Å². The largest absolute Gasteiger partial charge is 0.462 e. The molecule has 752 valence electrons. The van der Waals surface area contributed by atoms with Crippen LogP contribution in [0.4, 0.5) is 0 Å². The number of ether oxygens (including phenoxy) is 11. The molecule has 0 aromatic rings. The quantitative estimate of drug-likeness (QED) is 0.0487. The normalized spacial score (nSPS) is 40.1. The van der Waals surface area contributed by atoms with E-state index in [-0.39, 0.29) is 147 Å². The van der Waals surface area contributed by atoms with E-state index >= 15 is 0 Å². The van der Waals surface area contributed by atoms with Crippen molar-refractivity contribution in [3.63, 3.8) is 0 Å². The first kappa shape index (κ1) is 103. The Bertz CT molecular complexity index is 4130. The number of esters is 10. The Morgan fingerprint density at radius 1 is 0.368 bits per heavy atom. The lowest BCUT2D eigenvalue weighted by atomic mass is 9.52. The minimum atomic E-state index is -0.610. The molecule has 0 radical (unpaired) electrons. The molecule has 22 rings (SSSR count). The zero-order valence-corrected chi connectivity index (χ0v) is 86.0. The molecule has 0 amide bonds. The highest BCUT2D eigenvalue weighted by Gasteiger charge is 2.71. The zero-order valence-electron chi connectivity index (χ0n) is 86.0. The topological polar surface area (TPSA) is 313 Å². The number of aliphatic hydroxyl groups is 2. The molecule has 18 saturated carbocycles. The average molecular weight is 1860 g/mol. The predicted octanol–water partition coefficient (Wildman–Crippen LogP) is 20.9. The first-order valence-corrected chi connectivity index (χ1v) is 53.4. The van der Waals surface area contributed by atoms with E-state index in [1.54, 1.807) is 13.8 Å². The molecule has 22 fully saturated rings. The Hall–Kier alpha value is -5.42. The molecular formula is C110H174O23. The summed E-state index contributed by atoms with van der Waals surface area (Å²) in [5, 5.41) is 21.3. The minimum absolute atomic E-state index is 0.00636. The van der Waals surface area contributed by atoms with Crippen LogP contribution in [0.15, 0.2) is 0 Å². The van der Waals surface area contributed by atoms with Gasteiger partial charge in [-0.3, -0.25) is 43.2 Å². The van der Waals surface area contributed by atoms with Crippen molar-refractivity contribution in [1.29, 1.82) is 0 Å². The molecule has 4 heterocycles. The third kappa shape index (κ3) is 20.8. The number of fused-ring (bicyclic) bond motifs is 16. The van der Waals surface area contributed by atoms with Gasteiger partial charge in [-0.05, 0) is 399 Å². The second-order valence-electron chi connectivity index (χ2n) is 51.2. The van der Waals surface area contributed by atoms with Crippen LogP contribution >= 0.6 is 0 Å². The maximum atomic E-state index is 12.7. The van der Waals surface area contributed by atoms with Crippen LogP contribution in [-0.2, 0) is 100 Å². The van der Waals surface area contributed by atoms with Gasteiger partial charge in [-0.2, -0.15) is 0 Å². The molecule has 4 aliphatic heterocycles. The van der Waals surface area contributed by atoms with E-state index < -0.39 is 57.0 Å². The molecule has 23 nitrogen and oxygen atoms in total. The van der Waals surface area contributed by atoms with Gasteiger partial charge in [0.25, 0.3) is 0 Å². The van der Waals surface area contributed by atoms with Crippen molar-refractivity contribution >= 4 is 59.7 Å². The highest BCUT2D eigenvalue weighted by Crippen LogP contribution is 2.72. The van der Waals surface area contributed by atoms with Crippen LogP contribution in [0.5, 0.6) is 0 Å². The van der Waals surface area contributed by atoms with Gasteiger partial charge in [0.05, 0.1) is 67.0 Å². The first-order chi connectivity index (χ1) is 62.2. The molecular weight excluding hydrogens is 1690 g/mol. The van der Waals surface area contributed by atoms with Crippen LogP contribution in [0.2, 0.25) is 0 Å². The average Bonchev–Trinajstić information content (AvgIpc) is 1.58. The van der Waals surface area contributed by atoms with Crippen molar-refractivity contribution in [1.82, 2.24) is 0 Å². The second-order valence-corrected chi connectivity index (χ2v) is 51.2. The van der Waals surface area contributed by atoms with Crippen molar-refractivity contribution in [3.8, 4) is 0 Å².